The third kappa shape index (κ3) is 72.4. The second-order valence-electron chi connectivity index (χ2n) is 30.4. The Kier molecular flexibility index (Phi) is 66.8. The molecule has 0 rings (SSSR count). The van der Waals surface area contributed by atoms with Crippen molar-refractivity contribution in [1.29, 1.82) is 0 Å². The largest absolute Gasteiger partial charge is 0.472 e. The molecule has 0 aromatic heterocycles. The van der Waals surface area contributed by atoms with Crippen molar-refractivity contribution in [2.24, 2.45) is 23.7 Å². The van der Waals surface area contributed by atoms with E-state index in [4.69, 9.17) is 37.0 Å². The van der Waals surface area contributed by atoms with Crippen LogP contribution in [0.15, 0.2) is 0 Å². The van der Waals surface area contributed by atoms with Crippen molar-refractivity contribution in [3.8, 4) is 0 Å². The van der Waals surface area contributed by atoms with Crippen LogP contribution in [-0.4, -0.2) is 96.7 Å². The standard InChI is InChI=1S/C79H154O17P2/c1-69(2)55-47-39-31-23-18-14-10-9-11-16-20-26-35-43-51-59-76(81)89-65-74(95-78(83)61-53-45-37-27-21-17-13-12-15-19-24-32-40-48-56-70(3)4)67-93-97(85,86)91-63-73(80)64-92-98(87,88)94-68-75(66-90-77(82)60-52-44-36-30-29-34-42-50-58-72(7)8)96-79(84)62-54-46-38-28-22-25-33-41-49-57-71(5)6/h69-75,80H,9-68H2,1-8H3,(H,85,86)(H,87,88)/t73?,74-,75-/m1/s1. The van der Waals surface area contributed by atoms with Crippen LogP contribution in [0.1, 0.15) is 402 Å². The molecule has 0 aromatic carbocycles. The van der Waals surface area contributed by atoms with Crippen LogP contribution >= 0.6 is 15.6 Å². The van der Waals surface area contributed by atoms with E-state index in [1.807, 2.05) is 0 Å². The van der Waals surface area contributed by atoms with Crippen LogP contribution in [0.3, 0.4) is 0 Å². The summed E-state index contributed by atoms with van der Waals surface area (Å²) >= 11 is 0. The Hall–Kier alpha value is -1.94. The minimum atomic E-state index is -4.96. The van der Waals surface area contributed by atoms with E-state index in [2.05, 4.69) is 55.4 Å². The highest BCUT2D eigenvalue weighted by atomic mass is 31.2. The zero-order chi connectivity index (χ0) is 72.4. The highest BCUT2D eigenvalue weighted by Crippen LogP contribution is 2.45. The average molecular weight is 1440 g/mol. The molecule has 98 heavy (non-hydrogen) atoms. The van der Waals surface area contributed by atoms with Crippen molar-refractivity contribution in [3.05, 3.63) is 0 Å². The van der Waals surface area contributed by atoms with Gasteiger partial charge >= 0.3 is 39.5 Å². The van der Waals surface area contributed by atoms with Crippen molar-refractivity contribution in [2.75, 3.05) is 39.6 Å². The topological polar surface area (TPSA) is 237 Å². The molecule has 0 radical (unpaired) electrons. The van der Waals surface area contributed by atoms with Gasteiger partial charge in [0.25, 0.3) is 0 Å². The summed E-state index contributed by atoms with van der Waals surface area (Å²) in [5, 5.41) is 10.6. The smallest absolute Gasteiger partial charge is 0.462 e. The summed E-state index contributed by atoms with van der Waals surface area (Å²) in [5.74, 6) is 0.947. The monoisotopic (exact) mass is 1440 g/mol. The molecule has 0 aliphatic carbocycles. The first-order valence-corrected chi connectivity index (χ1v) is 43.7. The Labute approximate surface area is 600 Å². The second kappa shape index (κ2) is 68.2. The van der Waals surface area contributed by atoms with Crippen LogP contribution in [0, 0.1) is 23.7 Å². The zero-order valence-corrected chi connectivity index (χ0v) is 66.2. The highest BCUT2D eigenvalue weighted by molar-refractivity contribution is 7.47. The lowest BCUT2D eigenvalue weighted by Crippen LogP contribution is -2.30. The number of aliphatic hydroxyl groups excluding tert-OH is 1. The number of phosphoric ester groups is 2. The lowest BCUT2D eigenvalue weighted by atomic mass is 10.0. The van der Waals surface area contributed by atoms with Crippen LogP contribution in [0.25, 0.3) is 0 Å². The predicted molar refractivity (Wildman–Crippen MR) is 400 cm³/mol. The third-order valence-electron chi connectivity index (χ3n) is 18.3. The first-order valence-electron chi connectivity index (χ1n) is 40.7. The maximum Gasteiger partial charge on any atom is 0.472 e. The van der Waals surface area contributed by atoms with Gasteiger partial charge in [-0.1, -0.05) is 351 Å². The summed E-state index contributed by atoms with van der Waals surface area (Å²) in [5.41, 5.74) is 0. The Morgan fingerprint density at radius 3 is 0.633 bits per heavy atom. The SMILES string of the molecule is CC(C)CCCCCCCCCCCCCCCCCC(=O)OC[C@H](COP(=O)(O)OCC(O)COP(=O)(O)OC[C@@H](COC(=O)CCCCCCCCCCC(C)C)OC(=O)CCCCCCCCCCCC(C)C)OC(=O)CCCCCCCCCCCCCCCCC(C)C. The van der Waals surface area contributed by atoms with Gasteiger partial charge in [-0.3, -0.25) is 37.3 Å². The Bertz CT molecular complexity index is 1920. The van der Waals surface area contributed by atoms with Gasteiger partial charge in [-0.15, -0.1) is 0 Å². The van der Waals surface area contributed by atoms with E-state index in [1.54, 1.807) is 0 Å². The third-order valence-corrected chi connectivity index (χ3v) is 20.2. The van der Waals surface area contributed by atoms with Crippen molar-refractivity contribution in [3.63, 3.8) is 0 Å². The Morgan fingerprint density at radius 2 is 0.429 bits per heavy atom. The molecule has 3 N–H and O–H groups in total. The molecule has 0 fully saturated rings. The molecule has 582 valence electrons. The molecule has 0 aromatic rings. The fourth-order valence-electron chi connectivity index (χ4n) is 12.1. The van der Waals surface area contributed by atoms with Crippen molar-refractivity contribution in [1.82, 2.24) is 0 Å². The van der Waals surface area contributed by atoms with Gasteiger partial charge in [-0.25, -0.2) is 9.13 Å². The molecule has 3 unspecified atom stereocenters. The van der Waals surface area contributed by atoms with Gasteiger partial charge in [-0.2, -0.15) is 0 Å². The molecular weight excluding hydrogens is 1280 g/mol. The van der Waals surface area contributed by atoms with Crippen molar-refractivity contribution in [2.45, 2.75) is 420 Å². The number of esters is 4. The summed E-state index contributed by atoms with van der Waals surface area (Å²) in [6.07, 6.45) is 54.2. The Morgan fingerprint density at radius 1 is 0.255 bits per heavy atom. The van der Waals surface area contributed by atoms with Crippen LogP contribution in [0.2, 0.25) is 0 Å². The van der Waals surface area contributed by atoms with Gasteiger partial charge in [0.1, 0.15) is 19.3 Å². The molecular formula is C79H154O17P2. The molecule has 5 atom stereocenters. The quantitative estimate of drug-likeness (QED) is 0.0222. The van der Waals surface area contributed by atoms with Gasteiger partial charge in [0.05, 0.1) is 26.4 Å². The summed E-state index contributed by atoms with van der Waals surface area (Å²) < 4.78 is 68.6. The number of unbranched alkanes of at least 4 members (excludes halogenated alkanes) is 42. The van der Waals surface area contributed by atoms with Crippen molar-refractivity contribution >= 4 is 39.5 Å². The van der Waals surface area contributed by atoms with Gasteiger partial charge in [-0.05, 0) is 49.4 Å². The van der Waals surface area contributed by atoms with Crippen LogP contribution in [0.4, 0.5) is 0 Å². The van der Waals surface area contributed by atoms with Crippen molar-refractivity contribution < 1.29 is 80.2 Å². The molecule has 0 heterocycles. The van der Waals surface area contributed by atoms with Crippen LogP contribution in [-0.2, 0) is 65.4 Å². The van der Waals surface area contributed by atoms with E-state index >= 15 is 0 Å². The van der Waals surface area contributed by atoms with Crippen LogP contribution in [0.5, 0.6) is 0 Å². The molecule has 0 saturated carbocycles. The minimum absolute atomic E-state index is 0.104. The number of hydrogen-bond donors (Lipinski definition) is 3. The van der Waals surface area contributed by atoms with E-state index in [9.17, 15) is 43.2 Å². The Balaban J connectivity index is 5.25. The second-order valence-corrected chi connectivity index (χ2v) is 33.3. The number of phosphoric acid groups is 2. The van der Waals surface area contributed by atoms with E-state index in [0.717, 1.165) is 114 Å². The predicted octanol–water partition coefficient (Wildman–Crippen LogP) is 23.2. The van der Waals surface area contributed by atoms with Crippen LogP contribution < -0.4 is 0 Å². The molecule has 0 spiro atoms. The van der Waals surface area contributed by atoms with E-state index < -0.39 is 97.5 Å². The van der Waals surface area contributed by atoms with Gasteiger partial charge in [0.2, 0.25) is 0 Å². The molecule has 0 aliphatic heterocycles. The normalized spacial score (nSPS) is 14.1. The van der Waals surface area contributed by atoms with Gasteiger partial charge < -0.3 is 33.8 Å². The maximum atomic E-state index is 13.1. The van der Waals surface area contributed by atoms with Gasteiger partial charge in [0, 0.05) is 25.7 Å². The lowest BCUT2D eigenvalue weighted by Gasteiger charge is -2.21. The maximum absolute atomic E-state index is 13.1. The molecule has 0 bridgehead atoms. The number of hydrogen-bond acceptors (Lipinski definition) is 15. The average Bonchev–Trinajstić information content (AvgIpc) is 0.953. The molecule has 17 nitrogen and oxygen atoms in total. The summed E-state index contributed by atoms with van der Waals surface area (Å²) in [6.45, 7) is 14.2. The summed E-state index contributed by atoms with van der Waals surface area (Å²) in [6, 6.07) is 0. The number of ether oxygens (including phenoxy) is 4. The molecule has 0 aliphatic rings. The van der Waals surface area contributed by atoms with E-state index in [0.29, 0.717) is 25.7 Å². The van der Waals surface area contributed by atoms with E-state index in [-0.39, 0.29) is 25.7 Å². The molecule has 0 saturated heterocycles. The lowest BCUT2D eigenvalue weighted by molar-refractivity contribution is -0.161. The molecule has 19 heteroatoms. The minimum Gasteiger partial charge on any atom is -0.462 e. The molecule has 0 amide bonds. The number of carbonyl (C=O) groups is 4. The first-order chi connectivity index (χ1) is 47.1. The zero-order valence-electron chi connectivity index (χ0n) is 64.4. The first kappa shape index (κ1) is 96.1. The highest BCUT2D eigenvalue weighted by Gasteiger charge is 2.30. The number of carbonyl (C=O) groups excluding carboxylic acids is 4. The fraction of sp³-hybridized carbons (Fsp3) is 0.949. The number of aliphatic hydroxyl groups is 1. The van der Waals surface area contributed by atoms with E-state index in [1.165, 1.54) is 205 Å². The fourth-order valence-corrected chi connectivity index (χ4v) is 13.7. The summed E-state index contributed by atoms with van der Waals surface area (Å²) in [4.78, 5) is 72.9. The van der Waals surface area contributed by atoms with Gasteiger partial charge in [0.15, 0.2) is 12.2 Å². The number of rotatable bonds is 76. The summed E-state index contributed by atoms with van der Waals surface area (Å²) in [7, 11) is -9.92.